The molecule has 132 valence electrons. The number of hydrogen-bond acceptors (Lipinski definition) is 3. The fraction of sp³-hybridized carbons (Fsp3) is 0.0714. The smallest absolute Gasteiger partial charge is 0.310 e. The number of phenolic OH excluding ortho intramolecular Hbond substituents is 1. The number of nitrogens with one attached hydrogen (secondary N) is 1. The molecule has 0 aliphatic rings. The molecule has 4 nitrogen and oxygen atoms in total. The van der Waals surface area contributed by atoms with Crippen molar-refractivity contribution in [1.29, 1.82) is 0 Å². The third kappa shape index (κ3) is 4.07. The van der Waals surface area contributed by atoms with E-state index in [2.05, 4.69) is 5.32 Å². The SMILES string of the molecule is COc1cc(C(=O)Nc2ccc(S(F)(F)(F)(F)F)cc2)ccc1O. The maximum absolute atomic E-state index is 12.6. The Morgan fingerprint density at radius 3 is 2.12 bits per heavy atom. The Labute approximate surface area is 133 Å². The molecule has 2 aromatic rings. The number of anilines is 1. The summed E-state index contributed by atoms with van der Waals surface area (Å²) < 4.78 is 67.8. The van der Waals surface area contributed by atoms with Gasteiger partial charge in [-0.15, -0.1) is 0 Å². The largest absolute Gasteiger partial charge is 0.504 e. The van der Waals surface area contributed by atoms with Crippen LogP contribution >= 0.6 is 10.2 Å². The molecule has 2 N–H and O–H groups in total. The summed E-state index contributed by atoms with van der Waals surface area (Å²) in [5, 5.41) is 11.7. The Morgan fingerprint density at radius 2 is 1.62 bits per heavy atom. The second kappa shape index (κ2) is 5.00. The lowest BCUT2D eigenvalue weighted by Crippen LogP contribution is -2.12. The molecule has 10 heteroatoms. The van der Waals surface area contributed by atoms with Gasteiger partial charge in [0.25, 0.3) is 5.91 Å². The van der Waals surface area contributed by atoms with Crippen molar-refractivity contribution in [2.24, 2.45) is 0 Å². The molecule has 0 atom stereocenters. The van der Waals surface area contributed by atoms with Crippen LogP contribution in [0.3, 0.4) is 0 Å². The Balaban J connectivity index is 2.22. The summed E-state index contributed by atoms with van der Waals surface area (Å²) in [4.78, 5) is 9.95. The molecule has 0 fully saturated rings. The molecule has 1 amide bonds. The second-order valence-electron chi connectivity index (χ2n) is 4.83. The van der Waals surface area contributed by atoms with E-state index < -0.39 is 21.0 Å². The first-order valence-electron chi connectivity index (χ1n) is 6.33. The average Bonchev–Trinajstić information content (AvgIpc) is 2.45. The fourth-order valence-corrected chi connectivity index (χ4v) is 2.47. The summed E-state index contributed by atoms with van der Waals surface area (Å²) in [6, 6.07) is 5.53. The molecule has 0 saturated carbocycles. The molecule has 2 aromatic carbocycles. The zero-order chi connectivity index (χ0) is 18.2. The van der Waals surface area contributed by atoms with Crippen LogP contribution in [0, 0.1) is 0 Å². The van der Waals surface area contributed by atoms with E-state index in [0.29, 0.717) is 0 Å². The number of aromatic hydroxyl groups is 1. The van der Waals surface area contributed by atoms with E-state index >= 15 is 0 Å². The van der Waals surface area contributed by atoms with Gasteiger partial charge in [0.1, 0.15) is 4.90 Å². The lowest BCUT2D eigenvalue weighted by molar-refractivity contribution is 0.102. The minimum atomic E-state index is -9.74. The van der Waals surface area contributed by atoms with Gasteiger partial charge < -0.3 is 15.2 Å². The van der Waals surface area contributed by atoms with Gasteiger partial charge in [-0.3, -0.25) is 4.79 Å². The fourth-order valence-electron chi connectivity index (χ4n) is 1.82. The van der Waals surface area contributed by atoms with Crippen LogP contribution in [0.1, 0.15) is 10.4 Å². The molecule has 0 saturated heterocycles. The number of ether oxygens (including phenoxy) is 1. The molecular weight excluding hydrogens is 357 g/mol. The number of methoxy groups -OCH3 is 1. The van der Waals surface area contributed by atoms with Crippen molar-refractivity contribution in [1.82, 2.24) is 0 Å². The van der Waals surface area contributed by atoms with Crippen molar-refractivity contribution in [2.45, 2.75) is 4.90 Å². The van der Waals surface area contributed by atoms with E-state index in [1.54, 1.807) is 0 Å². The molecule has 0 unspecified atom stereocenters. The van der Waals surface area contributed by atoms with Gasteiger partial charge in [0.15, 0.2) is 11.5 Å². The van der Waals surface area contributed by atoms with Crippen LogP contribution in [0.4, 0.5) is 25.1 Å². The van der Waals surface area contributed by atoms with Crippen molar-refractivity contribution < 1.29 is 34.1 Å². The Hall–Kier alpha value is -2.49. The molecule has 0 aromatic heterocycles. The quantitative estimate of drug-likeness (QED) is 0.718. The molecule has 0 radical (unpaired) electrons. The monoisotopic (exact) mass is 369 g/mol. The first-order chi connectivity index (χ1) is 10.8. The zero-order valence-electron chi connectivity index (χ0n) is 12.1. The summed E-state index contributed by atoms with van der Waals surface area (Å²) >= 11 is 0. The topological polar surface area (TPSA) is 58.6 Å². The summed E-state index contributed by atoms with van der Waals surface area (Å²) in [7, 11) is -8.47. The van der Waals surface area contributed by atoms with E-state index in [4.69, 9.17) is 4.74 Å². The molecule has 0 heterocycles. The highest BCUT2D eigenvalue weighted by atomic mass is 32.5. The van der Waals surface area contributed by atoms with Gasteiger partial charge in [-0.1, -0.05) is 19.4 Å². The number of carbonyl (C=O) groups excluding carboxylic acids is 1. The highest BCUT2D eigenvalue weighted by Crippen LogP contribution is 3.02. The van der Waals surface area contributed by atoms with Crippen molar-refractivity contribution in [3.8, 4) is 11.5 Å². The number of benzene rings is 2. The van der Waals surface area contributed by atoms with Gasteiger partial charge in [0.05, 0.1) is 7.11 Å². The minimum Gasteiger partial charge on any atom is -0.504 e. The van der Waals surface area contributed by atoms with Gasteiger partial charge in [-0.05, 0) is 42.5 Å². The van der Waals surface area contributed by atoms with Crippen molar-refractivity contribution in [3.05, 3.63) is 48.0 Å². The lowest BCUT2D eigenvalue weighted by atomic mass is 10.2. The van der Waals surface area contributed by atoms with Gasteiger partial charge >= 0.3 is 10.2 Å². The molecule has 2 rings (SSSR count). The van der Waals surface area contributed by atoms with Crippen LogP contribution in [0.15, 0.2) is 47.4 Å². The molecule has 24 heavy (non-hydrogen) atoms. The van der Waals surface area contributed by atoms with Crippen molar-refractivity contribution >= 4 is 21.8 Å². The van der Waals surface area contributed by atoms with Crippen LogP contribution in [0.25, 0.3) is 0 Å². The van der Waals surface area contributed by atoms with Crippen LogP contribution in [0.5, 0.6) is 11.5 Å². The van der Waals surface area contributed by atoms with E-state index in [9.17, 15) is 29.3 Å². The number of amides is 1. The summed E-state index contributed by atoms with van der Waals surface area (Å²) in [5.41, 5.74) is -0.0425. The van der Waals surface area contributed by atoms with E-state index in [0.717, 1.165) is 12.1 Å². The van der Waals surface area contributed by atoms with Gasteiger partial charge in [0, 0.05) is 11.3 Å². The maximum atomic E-state index is 12.6. The Kier molecular flexibility index (Phi) is 3.72. The summed E-state index contributed by atoms with van der Waals surface area (Å²) in [6.45, 7) is 0. The summed E-state index contributed by atoms with van der Waals surface area (Å²) in [5.74, 6) is -0.887. The van der Waals surface area contributed by atoms with Crippen molar-refractivity contribution in [3.63, 3.8) is 0 Å². The number of hydrogen-bond donors (Lipinski definition) is 2. The highest BCUT2D eigenvalue weighted by molar-refractivity contribution is 8.45. The second-order valence-corrected chi connectivity index (χ2v) is 7.24. The molecule has 0 aliphatic carbocycles. The van der Waals surface area contributed by atoms with Gasteiger partial charge in [-0.2, -0.15) is 0 Å². The van der Waals surface area contributed by atoms with E-state index in [1.807, 2.05) is 0 Å². The predicted octanol–water partition coefficient (Wildman–Crippen LogP) is 5.31. The predicted molar refractivity (Wildman–Crippen MR) is 80.5 cm³/mol. The molecular formula is C14H12F5NO3S. The normalized spacial score (nSPS) is 14.4. The minimum absolute atomic E-state index is 0.0268. The number of phenols is 1. The Morgan fingerprint density at radius 1 is 1.04 bits per heavy atom. The van der Waals surface area contributed by atoms with Gasteiger partial charge in [-0.25, -0.2) is 0 Å². The number of carbonyl (C=O) groups is 1. The van der Waals surface area contributed by atoms with Gasteiger partial charge in [0.2, 0.25) is 0 Å². The van der Waals surface area contributed by atoms with Crippen LogP contribution in [-0.4, -0.2) is 18.1 Å². The Bertz CT molecular complexity index is 791. The molecule has 0 spiro atoms. The number of rotatable bonds is 4. The highest BCUT2D eigenvalue weighted by Gasteiger charge is 2.65. The molecule has 0 bridgehead atoms. The zero-order valence-corrected chi connectivity index (χ0v) is 12.9. The van der Waals surface area contributed by atoms with E-state index in [-0.39, 0.29) is 34.9 Å². The molecule has 0 aliphatic heterocycles. The van der Waals surface area contributed by atoms with E-state index in [1.165, 1.54) is 25.3 Å². The van der Waals surface area contributed by atoms with Crippen LogP contribution < -0.4 is 10.1 Å². The first kappa shape index (κ1) is 17.9. The van der Waals surface area contributed by atoms with Crippen molar-refractivity contribution in [2.75, 3.05) is 12.4 Å². The van der Waals surface area contributed by atoms with Crippen LogP contribution in [-0.2, 0) is 0 Å². The standard InChI is InChI=1S/C14H12F5NO3S/c1-23-13-8-9(2-7-12(13)21)14(22)20-10-3-5-11(6-4-10)24(15,16,17,18)19/h2-8,21H,1H3,(H,20,22). The maximum Gasteiger partial charge on any atom is 0.310 e. The average molecular weight is 369 g/mol. The lowest BCUT2D eigenvalue weighted by Gasteiger charge is -2.40. The third-order valence-electron chi connectivity index (χ3n) is 3.00. The third-order valence-corrected chi connectivity index (χ3v) is 4.16. The summed E-state index contributed by atoms with van der Waals surface area (Å²) in [6.07, 6.45) is 0. The van der Waals surface area contributed by atoms with Crippen LogP contribution in [0.2, 0.25) is 0 Å². The number of halogens is 5. The first-order valence-corrected chi connectivity index (χ1v) is 8.28.